The molecule has 0 saturated heterocycles. The molecule has 0 aliphatic rings. The molecule has 0 aromatic rings. The van der Waals surface area contributed by atoms with Crippen LogP contribution in [0.5, 0.6) is 0 Å². The van der Waals surface area contributed by atoms with Gasteiger partial charge in [0.1, 0.15) is 0 Å². The van der Waals surface area contributed by atoms with Gasteiger partial charge >= 0.3 is 0 Å². The highest BCUT2D eigenvalue weighted by Gasteiger charge is 2.14. The van der Waals surface area contributed by atoms with E-state index in [9.17, 15) is 0 Å². The summed E-state index contributed by atoms with van der Waals surface area (Å²) in [5.41, 5.74) is 1.30. The Morgan fingerprint density at radius 2 is 1.94 bits per heavy atom. The molecule has 0 rings (SSSR count). The molecule has 0 bridgehead atoms. The summed E-state index contributed by atoms with van der Waals surface area (Å²) in [6.45, 7) is 10.6. The molecule has 100 valence electrons. The smallest absolute Gasteiger partial charge is 0.0729 e. The van der Waals surface area contributed by atoms with Crippen LogP contribution < -0.4 is 5.32 Å². The van der Waals surface area contributed by atoms with Crippen molar-refractivity contribution in [3.8, 4) is 12.3 Å². The van der Waals surface area contributed by atoms with Gasteiger partial charge in [-0.05, 0) is 33.1 Å². The highest BCUT2D eigenvalue weighted by Crippen LogP contribution is 2.09. The third-order valence-electron chi connectivity index (χ3n) is 2.81. The second-order valence-corrected chi connectivity index (χ2v) is 4.92. The maximum absolute atomic E-state index is 5.61. The molecule has 0 aliphatic heterocycles. The predicted octanol–water partition coefficient (Wildman–Crippen LogP) is 4.09. The van der Waals surface area contributed by atoms with Gasteiger partial charge in [-0.1, -0.05) is 55.7 Å². The normalized spacial score (nSPS) is 16.4. The van der Waals surface area contributed by atoms with Crippen molar-refractivity contribution in [2.24, 2.45) is 5.92 Å². The van der Waals surface area contributed by atoms with Crippen LogP contribution in [0.25, 0.3) is 0 Å². The van der Waals surface area contributed by atoms with Gasteiger partial charge in [-0.15, -0.1) is 6.42 Å². The van der Waals surface area contributed by atoms with Gasteiger partial charge in [-0.2, -0.15) is 0 Å². The van der Waals surface area contributed by atoms with E-state index in [-0.39, 0.29) is 6.04 Å². The summed E-state index contributed by atoms with van der Waals surface area (Å²) in [6, 6.07) is 0.431. The van der Waals surface area contributed by atoms with E-state index < -0.39 is 0 Å². The Labute approximate surface area is 113 Å². The monoisotopic (exact) mass is 245 g/mol. The van der Waals surface area contributed by atoms with Gasteiger partial charge in [0, 0.05) is 6.04 Å². The van der Waals surface area contributed by atoms with Crippen LogP contribution >= 0.6 is 0 Å². The van der Waals surface area contributed by atoms with Crippen LogP contribution in [0.15, 0.2) is 36.0 Å². The molecule has 2 atom stereocenters. The summed E-state index contributed by atoms with van der Waals surface area (Å²) in [5.74, 6) is 3.38. The van der Waals surface area contributed by atoms with Crippen molar-refractivity contribution < 1.29 is 0 Å². The zero-order valence-corrected chi connectivity index (χ0v) is 12.4. The first-order chi connectivity index (χ1) is 8.54. The van der Waals surface area contributed by atoms with Crippen molar-refractivity contribution in [3.05, 3.63) is 36.0 Å². The topological polar surface area (TPSA) is 12.0 Å². The van der Waals surface area contributed by atoms with Crippen LogP contribution in [0, 0.1) is 18.3 Å². The third kappa shape index (κ3) is 7.14. The molecule has 0 aliphatic carbocycles. The van der Waals surface area contributed by atoms with Crippen LogP contribution in [0.3, 0.4) is 0 Å². The lowest BCUT2D eigenvalue weighted by Gasteiger charge is -2.23. The molecule has 0 saturated carbocycles. The van der Waals surface area contributed by atoms with Gasteiger partial charge in [-0.3, -0.25) is 5.32 Å². The summed E-state index contributed by atoms with van der Waals surface area (Å²) in [7, 11) is 0. The minimum absolute atomic E-state index is 0.0927. The third-order valence-corrected chi connectivity index (χ3v) is 2.81. The number of hydrogen-bond donors (Lipinski definition) is 1. The van der Waals surface area contributed by atoms with E-state index in [1.165, 1.54) is 5.57 Å². The predicted molar refractivity (Wildman–Crippen MR) is 82.4 cm³/mol. The van der Waals surface area contributed by atoms with Crippen LogP contribution in [0.2, 0.25) is 0 Å². The fraction of sp³-hybridized carbons (Fsp3) is 0.529. The average molecular weight is 245 g/mol. The maximum Gasteiger partial charge on any atom is 0.0729 e. The van der Waals surface area contributed by atoms with E-state index in [0.29, 0.717) is 12.0 Å². The van der Waals surface area contributed by atoms with Crippen molar-refractivity contribution in [1.82, 2.24) is 5.32 Å². The van der Waals surface area contributed by atoms with Crippen LogP contribution in [0.4, 0.5) is 0 Å². The molecule has 0 fully saturated rings. The fourth-order valence-electron chi connectivity index (χ4n) is 1.73. The number of rotatable bonds is 7. The van der Waals surface area contributed by atoms with Crippen molar-refractivity contribution in [2.45, 2.75) is 53.1 Å². The lowest BCUT2D eigenvalue weighted by Crippen LogP contribution is -2.39. The molecular weight excluding hydrogens is 218 g/mol. The van der Waals surface area contributed by atoms with Gasteiger partial charge < -0.3 is 0 Å². The zero-order chi connectivity index (χ0) is 14.0. The minimum atomic E-state index is 0.0927. The van der Waals surface area contributed by atoms with E-state index in [2.05, 4.69) is 56.3 Å². The molecule has 1 nitrogen and oxygen atoms in total. The molecule has 0 amide bonds. The highest BCUT2D eigenvalue weighted by atomic mass is 14.9. The van der Waals surface area contributed by atoms with Crippen LogP contribution in [-0.4, -0.2) is 12.1 Å². The molecular formula is C17H27N. The standard InChI is InChI=1S/C17H27N/c1-7-10-12-15(6)13-16(9-3)18-17(11-8-2)14(4)5/h3,7-8,10-12,14,16-18H,13H2,1-2,4-6H3/b10-7-,11-8-,15-12+/t16?,17-/m1/s1. The second kappa shape index (κ2) is 9.74. The molecule has 0 aromatic carbocycles. The first-order valence-electron chi connectivity index (χ1n) is 6.68. The summed E-state index contributed by atoms with van der Waals surface area (Å²) in [4.78, 5) is 0. The summed E-state index contributed by atoms with van der Waals surface area (Å²) in [6.07, 6.45) is 17.0. The van der Waals surface area contributed by atoms with Gasteiger partial charge in [0.05, 0.1) is 6.04 Å². The molecule has 0 spiro atoms. The Hall–Kier alpha value is -1.26. The highest BCUT2D eigenvalue weighted by molar-refractivity contribution is 5.15. The van der Waals surface area contributed by atoms with Gasteiger partial charge in [-0.25, -0.2) is 0 Å². The Morgan fingerprint density at radius 1 is 1.28 bits per heavy atom. The largest absolute Gasteiger partial charge is 0.297 e. The van der Waals surface area contributed by atoms with Gasteiger partial charge in [0.2, 0.25) is 0 Å². The number of hydrogen-bond acceptors (Lipinski definition) is 1. The van der Waals surface area contributed by atoms with E-state index in [1.807, 2.05) is 19.9 Å². The Bertz CT molecular complexity index is 339. The van der Waals surface area contributed by atoms with E-state index in [4.69, 9.17) is 6.42 Å². The summed E-state index contributed by atoms with van der Waals surface area (Å²) >= 11 is 0. The molecule has 18 heavy (non-hydrogen) atoms. The number of terminal acetylenes is 1. The summed E-state index contributed by atoms with van der Waals surface area (Å²) in [5, 5.41) is 3.52. The summed E-state index contributed by atoms with van der Waals surface area (Å²) < 4.78 is 0. The molecule has 1 heteroatoms. The maximum atomic E-state index is 5.61. The van der Waals surface area contributed by atoms with Crippen LogP contribution in [0.1, 0.15) is 41.0 Å². The quantitative estimate of drug-likeness (QED) is 0.405. The molecule has 0 radical (unpaired) electrons. The van der Waals surface area contributed by atoms with E-state index in [1.54, 1.807) is 0 Å². The van der Waals surface area contributed by atoms with Gasteiger partial charge in [0.25, 0.3) is 0 Å². The Balaban J connectivity index is 4.56. The Kier molecular flexibility index (Phi) is 9.06. The first kappa shape index (κ1) is 16.7. The molecule has 0 aromatic heterocycles. The minimum Gasteiger partial charge on any atom is -0.297 e. The van der Waals surface area contributed by atoms with Crippen LogP contribution in [-0.2, 0) is 0 Å². The molecule has 0 heterocycles. The first-order valence-corrected chi connectivity index (χ1v) is 6.68. The zero-order valence-electron chi connectivity index (χ0n) is 12.4. The van der Waals surface area contributed by atoms with Crippen molar-refractivity contribution in [3.63, 3.8) is 0 Å². The second-order valence-electron chi connectivity index (χ2n) is 4.92. The lowest BCUT2D eigenvalue weighted by molar-refractivity contribution is 0.436. The van der Waals surface area contributed by atoms with Crippen molar-refractivity contribution in [2.75, 3.05) is 0 Å². The van der Waals surface area contributed by atoms with Gasteiger partial charge in [0.15, 0.2) is 0 Å². The SMILES string of the molecule is C#CC(C/C(C)=C/C=C\C)N[C@H](/C=C\C)C(C)C. The molecule has 1 N–H and O–H groups in total. The average Bonchev–Trinajstić information content (AvgIpc) is 2.34. The van der Waals surface area contributed by atoms with Crippen molar-refractivity contribution in [1.29, 1.82) is 0 Å². The fourth-order valence-corrected chi connectivity index (χ4v) is 1.73. The van der Waals surface area contributed by atoms with Crippen molar-refractivity contribution >= 4 is 0 Å². The Morgan fingerprint density at radius 3 is 2.39 bits per heavy atom. The number of nitrogens with one attached hydrogen (secondary N) is 1. The number of allylic oxidation sites excluding steroid dienone is 4. The molecule has 1 unspecified atom stereocenters. The van der Waals surface area contributed by atoms with E-state index >= 15 is 0 Å². The lowest BCUT2D eigenvalue weighted by atomic mass is 10.0. The van der Waals surface area contributed by atoms with E-state index in [0.717, 1.165) is 6.42 Å².